The molecule has 0 atom stereocenters. The third-order valence-electron chi connectivity index (χ3n) is 1.97. The summed E-state index contributed by atoms with van der Waals surface area (Å²) in [5.41, 5.74) is 8.14. The first-order valence-corrected chi connectivity index (χ1v) is 6.02. The van der Waals surface area contributed by atoms with Gasteiger partial charge >= 0.3 is 0 Å². The maximum Gasteiger partial charge on any atom is 0.234 e. The van der Waals surface area contributed by atoms with Crippen molar-refractivity contribution in [2.24, 2.45) is 0 Å². The molecule has 3 N–H and O–H groups in total. The molecule has 3 nitrogen and oxygen atoms in total. The fourth-order valence-corrected chi connectivity index (χ4v) is 1.62. The zero-order valence-corrected chi connectivity index (χ0v) is 9.86. The van der Waals surface area contributed by atoms with E-state index in [1.165, 1.54) is 0 Å². The van der Waals surface area contributed by atoms with Crippen LogP contribution in [0.4, 0.5) is 11.4 Å². The standard InChI is InChI=1S/C11H16N2OS/c1-3-15-7-11(14)13-10-6-9(12)5-4-8(10)2/h4-6H,3,7,12H2,1-2H3,(H,13,14). The van der Waals surface area contributed by atoms with Crippen LogP contribution in [0.15, 0.2) is 18.2 Å². The second-order valence-electron chi connectivity index (χ2n) is 3.26. The number of hydrogen-bond acceptors (Lipinski definition) is 3. The maximum atomic E-state index is 11.5. The Kier molecular flexibility index (Phi) is 4.49. The van der Waals surface area contributed by atoms with E-state index in [1.807, 2.05) is 26.0 Å². The molecule has 0 radical (unpaired) electrons. The lowest BCUT2D eigenvalue weighted by molar-refractivity contribution is -0.113. The van der Waals surface area contributed by atoms with E-state index >= 15 is 0 Å². The lowest BCUT2D eigenvalue weighted by Gasteiger charge is -2.08. The highest BCUT2D eigenvalue weighted by Crippen LogP contribution is 2.18. The van der Waals surface area contributed by atoms with E-state index in [2.05, 4.69) is 5.32 Å². The summed E-state index contributed by atoms with van der Waals surface area (Å²) in [5.74, 6) is 1.46. The number of carbonyl (C=O) groups excluding carboxylic acids is 1. The molecule has 0 heterocycles. The molecule has 0 aromatic heterocycles. The highest BCUT2D eigenvalue weighted by Gasteiger charge is 2.04. The second-order valence-corrected chi connectivity index (χ2v) is 4.53. The Morgan fingerprint density at radius 3 is 2.93 bits per heavy atom. The minimum atomic E-state index is 0.0237. The Balaban J connectivity index is 2.63. The Labute approximate surface area is 94.4 Å². The van der Waals surface area contributed by atoms with Crippen molar-refractivity contribution in [3.63, 3.8) is 0 Å². The highest BCUT2D eigenvalue weighted by molar-refractivity contribution is 7.99. The van der Waals surface area contributed by atoms with Gasteiger partial charge in [-0.05, 0) is 30.4 Å². The van der Waals surface area contributed by atoms with Crippen molar-refractivity contribution in [3.8, 4) is 0 Å². The Morgan fingerprint density at radius 1 is 1.53 bits per heavy atom. The van der Waals surface area contributed by atoms with Crippen molar-refractivity contribution in [2.75, 3.05) is 22.6 Å². The smallest absolute Gasteiger partial charge is 0.234 e. The minimum Gasteiger partial charge on any atom is -0.399 e. The number of rotatable bonds is 4. The first-order valence-electron chi connectivity index (χ1n) is 4.87. The molecule has 1 amide bonds. The molecule has 0 aliphatic carbocycles. The van der Waals surface area contributed by atoms with Crippen LogP contribution in [0, 0.1) is 6.92 Å². The van der Waals surface area contributed by atoms with E-state index in [-0.39, 0.29) is 5.91 Å². The van der Waals surface area contributed by atoms with Crippen LogP contribution < -0.4 is 11.1 Å². The number of anilines is 2. The number of amides is 1. The SMILES string of the molecule is CCSCC(=O)Nc1cc(N)ccc1C. The number of benzene rings is 1. The largest absolute Gasteiger partial charge is 0.399 e. The number of carbonyl (C=O) groups is 1. The monoisotopic (exact) mass is 224 g/mol. The molecular formula is C11H16N2OS. The van der Waals surface area contributed by atoms with Crippen LogP contribution in [0.25, 0.3) is 0 Å². The molecule has 0 saturated carbocycles. The van der Waals surface area contributed by atoms with Gasteiger partial charge in [-0.1, -0.05) is 13.0 Å². The summed E-state index contributed by atoms with van der Waals surface area (Å²) >= 11 is 1.60. The van der Waals surface area contributed by atoms with Gasteiger partial charge in [-0.3, -0.25) is 4.79 Å². The van der Waals surface area contributed by atoms with E-state index in [0.717, 1.165) is 17.0 Å². The van der Waals surface area contributed by atoms with Crippen molar-refractivity contribution < 1.29 is 4.79 Å². The summed E-state index contributed by atoms with van der Waals surface area (Å²) in [7, 11) is 0. The van der Waals surface area contributed by atoms with Crippen LogP contribution in [0.2, 0.25) is 0 Å². The third-order valence-corrected chi connectivity index (χ3v) is 2.85. The van der Waals surface area contributed by atoms with Gasteiger partial charge in [0, 0.05) is 11.4 Å². The zero-order valence-electron chi connectivity index (χ0n) is 9.04. The number of nitrogens with two attached hydrogens (primary N) is 1. The predicted molar refractivity (Wildman–Crippen MR) is 67.2 cm³/mol. The summed E-state index contributed by atoms with van der Waals surface area (Å²) in [6, 6.07) is 5.51. The van der Waals surface area contributed by atoms with Gasteiger partial charge in [0.1, 0.15) is 0 Å². The summed E-state index contributed by atoms with van der Waals surface area (Å²) < 4.78 is 0. The van der Waals surface area contributed by atoms with E-state index in [9.17, 15) is 4.79 Å². The number of aryl methyl sites for hydroxylation is 1. The van der Waals surface area contributed by atoms with Gasteiger partial charge < -0.3 is 11.1 Å². The zero-order chi connectivity index (χ0) is 11.3. The number of thioether (sulfide) groups is 1. The topological polar surface area (TPSA) is 55.1 Å². The first-order chi connectivity index (χ1) is 7.13. The molecule has 0 bridgehead atoms. The molecule has 1 aromatic rings. The molecule has 15 heavy (non-hydrogen) atoms. The number of nitrogens with one attached hydrogen (secondary N) is 1. The van der Waals surface area contributed by atoms with E-state index in [4.69, 9.17) is 5.73 Å². The molecular weight excluding hydrogens is 208 g/mol. The van der Waals surface area contributed by atoms with Crippen molar-refractivity contribution in [1.82, 2.24) is 0 Å². The Morgan fingerprint density at radius 2 is 2.27 bits per heavy atom. The molecule has 82 valence electrons. The summed E-state index contributed by atoms with van der Waals surface area (Å²) in [6.45, 7) is 3.98. The third kappa shape index (κ3) is 3.83. The van der Waals surface area contributed by atoms with Gasteiger partial charge in [0.05, 0.1) is 5.75 Å². The minimum absolute atomic E-state index is 0.0237. The lowest BCUT2D eigenvalue weighted by Crippen LogP contribution is -2.15. The Hall–Kier alpha value is -1.16. The maximum absolute atomic E-state index is 11.5. The van der Waals surface area contributed by atoms with Crippen molar-refractivity contribution >= 4 is 29.0 Å². The summed E-state index contributed by atoms with van der Waals surface area (Å²) in [5, 5.41) is 2.85. The first kappa shape index (κ1) is 11.9. The van der Waals surface area contributed by atoms with Gasteiger partial charge in [0.2, 0.25) is 5.91 Å². The van der Waals surface area contributed by atoms with E-state index in [1.54, 1.807) is 17.8 Å². The molecule has 0 unspecified atom stereocenters. The molecule has 4 heteroatoms. The quantitative estimate of drug-likeness (QED) is 0.771. The average molecular weight is 224 g/mol. The normalized spacial score (nSPS) is 10.0. The van der Waals surface area contributed by atoms with Gasteiger partial charge in [-0.2, -0.15) is 11.8 Å². The number of hydrogen-bond donors (Lipinski definition) is 2. The second kappa shape index (κ2) is 5.66. The predicted octanol–water partition coefficient (Wildman–Crippen LogP) is 2.27. The van der Waals surface area contributed by atoms with E-state index < -0.39 is 0 Å². The molecule has 0 spiro atoms. The van der Waals surface area contributed by atoms with Gasteiger partial charge in [0.25, 0.3) is 0 Å². The van der Waals surface area contributed by atoms with Crippen LogP contribution in [0.5, 0.6) is 0 Å². The molecule has 1 rings (SSSR count). The lowest BCUT2D eigenvalue weighted by atomic mass is 10.2. The highest BCUT2D eigenvalue weighted by atomic mass is 32.2. The Bertz CT molecular complexity index is 352. The van der Waals surface area contributed by atoms with Gasteiger partial charge in [-0.25, -0.2) is 0 Å². The van der Waals surface area contributed by atoms with Gasteiger partial charge in [-0.15, -0.1) is 0 Å². The molecule has 1 aromatic carbocycles. The van der Waals surface area contributed by atoms with Gasteiger partial charge in [0.15, 0.2) is 0 Å². The fraction of sp³-hybridized carbons (Fsp3) is 0.364. The number of nitrogen functional groups attached to an aromatic ring is 1. The molecule has 0 fully saturated rings. The molecule has 0 aliphatic heterocycles. The van der Waals surface area contributed by atoms with Crippen LogP contribution in [-0.4, -0.2) is 17.4 Å². The van der Waals surface area contributed by atoms with Crippen LogP contribution in [0.1, 0.15) is 12.5 Å². The summed E-state index contributed by atoms with van der Waals surface area (Å²) in [4.78, 5) is 11.5. The fourth-order valence-electron chi connectivity index (χ4n) is 1.16. The summed E-state index contributed by atoms with van der Waals surface area (Å²) in [6.07, 6.45) is 0. The van der Waals surface area contributed by atoms with Crippen molar-refractivity contribution in [1.29, 1.82) is 0 Å². The average Bonchev–Trinajstić information content (AvgIpc) is 2.20. The van der Waals surface area contributed by atoms with Crippen molar-refractivity contribution in [3.05, 3.63) is 23.8 Å². The van der Waals surface area contributed by atoms with Crippen molar-refractivity contribution in [2.45, 2.75) is 13.8 Å². The van der Waals surface area contributed by atoms with E-state index in [0.29, 0.717) is 11.4 Å². The molecule has 0 aliphatic rings. The van der Waals surface area contributed by atoms with Crippen LogP contribution >= 0.6 is 11.8 Å². The van der Waals surface area contributed by atoms with Crippen LogP contribution in [0.3, 0.4) is 0 Å². The molecule has 0 saturated heterocycles. The van der Waals surface area contributed by atoms with Crippen LogP contribution in [-0.2, 0) is 4.79 Å².